The number of rotatable bonds is 2. The molecule has 2 aliphatic rings. The second kappa shape index (κ2) is 3.90. The molecule has 3 atom stereocenters. The quantitative estimate of drug-likeness (QED) is 0.628. The van der Waals surface area contributed by atoms with Crippen LogP contribution in [0.4, 0.5) is 0 Å². The molecular formula is C10H16N2O3. The highest BCUT2D eigenvalue weighted by Crippen LogP contribution is 2.17. The Morgan fingerprint density at radius 1 is 1.47 bits per heavy atom. The fourth-order valence-corrected chi connectivity index (χ4v) is 2.09. The van der Waals surface area contributed by atoms with Gasteiger partial charge in [-0.2, -0.15) is 0 Å². The third kappa shape index (κ3) is 1.89. The van der Waals surface area contributed by atoms with Gasteiger partial charge in [-0.3, -0.25) is 19.8 Å². The van der Waals surface area contributed by atoms with Crippen LogP contribution in [0.15, 0.2) is 0 Å². The van der Waals surface area contributed by atoms with Gasteiger partial charge in [0.05, 0.1) is 18.6 Å². The highest BCUT2D eigenvalue weighted by molar-refractivity contribution is 6.05. The summed E-state index contributed by atoms with van der Waals surface area (Å²) in [6.45, 7) is 2.71. The number of nitrogens with zero attached hydrogens (tertiary/aromatic N) is 1. The summed E-state index contributed by atoms with van der Waals surface area (Å²) in [6, 6.07) is -0.158. The maximum Gasteiger partial charge on any atom is 0.246 e. The van der Waals surface area contributed by atoms with Crippen molar-refractivity contribution < 1.29 is 14.3 Å². The van der Waals surface area contributed by atoms with Crippen molar-refractivity contribution in [2.45, 2.75) is 38.0 Å². The minimum atomic E-state index is -0.350. The van der Waals surface area contributed by atoms with Crippen LogP contribution in [0.2, 0.25) is 0 Å². The van der Waals surface area contributed by atoms with Gasteiger partial charge >= 0.3 is 0 Å². The third-order valence-electron chi connectivity index (χ3n) is 3.17. The van der Waals surface area contributed by atoms with Gasteiger partial charge in [-0.05, 0) is 13.3 Å². The molecule has 0 spiro atoms. The zero-order valence-electron chi connectivity index (χ0n) is 9.03. The number of amides is 2. The van der Waals surface area contributed by atoms with E-state index in [1.807, 2.05) is 6.92 Å². The summed E-state index contributed by atoms with van der Waals surface area (Å²) in [5, 5.41) is 3.20. The molecule has 2 rings (SSSR count). The van der Waals surface area contributed by atoms with Gasteiger partial charge in [-0.25, -0.2) is 0 Å². The number of carbonyl (C=O) groups excluding carboxylic acids is 2. The molecule has 0 saturated carbocycles. The van der Waals surface area contributed by atoms with E-state index in [0.717, 1.165) is 13.0 Å². The molecule has 84 valence electrons. The zero-order chi connectivity index (χ0) is 11.0. The first kappa shape index (κ1) is 10.6. The smallest absolute Gasteiger partial charge is 0.246 e. The van der Waals surface area contributed by atoms with Crippen LogP contribution < -0.4 is 5.32 Å². The maximum atomic E-state index is 11.6. The predicted octanol–water partition coefficient (Wildman–Crippen LogP) is -0.489. The first-order valence-electron chi connectivity index (χ1n) is 5.27. The number of hydrogen-bond donors (Lipinski definition) is 1. The molecule has 0 aromatic rings. The number of likely N-dealkylation sites (tertiary alicyclic amines) is 1. The predicted molar refractivity (Wildman–Crippen MR) is 53.1 cm³/mol. The maximum absolute atomic E-state index is 11.6. The molecule has 5 nitrogen and oxygen atoms in total. The Balaban J connectivity index is 1.95. The Labute approximate surface area is 88.8 Å². The van der Waals surface area contributed by atoms with Crippen LogP contribution in [0.25, 0.3) is 0 Å². The van der Waals surface area contributed by atoms with Crippen LogP contribution in [0.1, 0.15) is 19.8 Å². The summed E-state index contributed by atoms with van der Waals surface area (Å²) in [5.74, 6) is -0.233. The second-order valence-electron chi connectivity index (χ2n) is 4.19. The Kier molecular flexibility index (Phi) is 2.75. The fourth-order valence-electron chi connectivity index (χ4n) is 2.09. The normalized spacial score (nSPS) is 36.7. The third-order valence-corrected chi connectivity index (χ3v) is 3.17. The van der Waals surface area contributed by atoms with Gasteiger partial charge in [-0.15, -0.1) is 0 Å². The largest absolute Gasteiger partial charge is 0.377 e. The molecule has 0 aromatic heterocycles. The van der Waals surface area contributed by atoms with Crippen LogP contribution in [0.3, 0.4) is 0 Å². The monoisotopic (exact) mass is 212 g/mol. The summed E-state index contributed by atoms with van der Waals surface area (Å²) in [5.41, 5.74) is 0. The van der Waals surface area contributed by atoms with Crippen molar-refractivity contribution in [1.29, 1.82) is 0 Å². The SMILES string of the molecule is CC1OCCC1NC1CC(=O)N(C)C1=O. The molecule has 3 unspecified atom stereocenters. The van der Waals surface area contributed by atoms with E-state index in [9.17, 15) is 9.59 Å². The van der Waals surface area contributed by atoms with Gasteiger partial charge in [0.2, 0.25) is 11.8 Å². The highest BCUT2D eigenvalue weighted by atomic mass is 16.5. The Morgan fingerprint density at radius 2 is 2.20 bits per heavy atom. The van der Waals surface area contributed by atoms with E-state index in [4.69, 9.17) is 4.74 Å². The number of likely N-dealkylation sites (N-methyl/N-ethyl adjacent to an activating group) is 1. The van der Waals surface area contributed by atoms with Gasteiger partial charge in [0.1, 0.15) is 0 Å². The lowest BCUT2D eigenvalue weighted by molar-refractivity contribution is -0.137. The molecule has 0 radical (unpaired) electrons. The van der Waals surface area contributed by atoms with Crippen molar-refractivity contribution in [2.75, 3.05) is 13.7 Å². The summed E-state index contributed by atoms with van der Waals surface area (Å²) in [6.07, 6.45) is 1.31. The number of hydrogen-bond acceptors (Lipinski definition) is 4. The molecule has 0 aliphatic carbocycles. The van der Waals surface area contributed by atoms with E-state index < -0.39 is 0 Å². The lowest BCUT2D eigenvalue weighted by atomic mass is 10.1. The van der Waals surface area contributed by atoms with Crippen molar-refractivity contribution in [3.63, 3.8) is 0 Å². The molecule has 0 aromatic carbocycles. The number of ether oxygens (including phenoxy) is 1. The van der Waals surface area contributed by atoms with Crippen LogP contribution >= 0.6 is 0 Å². The van der Waals surface area contributed by atoms with Crippen LogP contribution in [-0.4, -0.2) is 48.6 Å². The summed E-state index contributed by atoms with van der Waals surface area (Å²) in [4.78, 5) is 24.1. The van der Waals surface area contributed by atoms with E-state index in [1.54, 1.807) is 0 Å². The van der Waals surface area contributed by atoms with Gasteiger partial charge < -0.3 is 4.74 Å². The summed E-state index contributed by atoms with van der Waals surface area (Å²) >= 11 is 0. The Bertz CT molecular complexity index is 292. The lowest BCUT2D eigenvalue weighted by Gasteiger charge is -2.19. The van der Waals surface area contributed by atoms with E-state index >= 15 is 0 Å². The molecular weight excluding hydrogens is 196 g/mol. The molecule has 2 heterocycles. The molecule has 15 heavy (non-hydrogen) atoms. The first-order chi connectivity index (χ1) is 7.09. The van der Waals surface area contributed by atoms with Crippen molar-refractivity contribution in [3.05, 3.63) is 0 Å². The average molecular weight is 212 g/mol. The van der Waals surface area contributed by atoms with Crippen molar-refractivity contribution in [3.8, 4) is 0 Å². The molecule has 0 bridgehead atoms. The topological polar surface area (TPSA) is 58.6 Å². The minimum absolute atomic E-state index is 0.107. The number of imide groups is 1. The number of carbonyl (C=O) groups is 2. The van der Waals surface area contributed by atoms with E-state index in [1.165, 1.54) is 11.9 Å². The van der Waals surface area contributed by atoms with Crippen LogP contribution in [-0.2, 0) is 14.3 Å². The minimum Gasteiger partial charge on any atom is -0.377 e. The van der Waals surface area contributed by atoms with Crippen molar-refractivity contribution in [2.24, 2.45) is 0 Å². The average Bonchev–Trinajstić information content (AvgIpc) is 2.69. The standard InChI is InChI=1S/C10H16N2O3/c1-6-7(3-4-15-6)11-8-5-9(13)12(2)10(8)14/h6-8,11H,3-5H2,1-2H3. The lowest BCUT2D eigenvalue weighted by Crippen LogP contribution is -2.45. The van der Waals surface area contributed by atoms with E-state index in [2.05, 4.69) is 5.32 Å². The second-order valence-corrected chi connectivity index (χ2v) is 4.19. The van der Waals surface area contributed by atoms with E-state index in [-0.39, 0.29) is 36.4 Å². The fraction of sp³-hybridized carbons (Fsp3) is 0.800. The molecule has 2 saturated heterocycles. The van der Waals surface area contributed by atoms with Crippen molar-refractivity contribution >= 4 is 11.8 Å². The van der Waals surface area contributed by atoms with Gasteiger partial charge in [0, 0.05) is 19.7 Å². The van der Waals surface area contributed by atoms with Gasteiger partial charge in [0.25, 0.3) is 0 Å². The summed E-state index contributed by atoms with van der Waals surface area (Å²) < 4.78 is 5.39. The molecule has 1 N–H and O–H groups in total. The molecule has 2 aliphatic heterocycles. The van der Waals surface area contributed by atoms with Crippen LogP contribution in [0.5, 0.6) is 0 Å². The van der Waals surface area contributed by atoms with Crippen LogP contribution in [0, 0.1) is 0 Å². The van der Waals surface area contributed by atoms with Crippen molar-refractivity contribution in [1.82, 2.24) is 10.2 Å². The highest BCUT2D eigenvalue weighted by Gasteiger charge is 2.38. The Hall–Kier alpha value is -0.940. The Morgan fingerprint density at radius 3 is 2.67 bits per heavy atom. The molecule has 2 amide bonds. The first-order valence-corrected chi connectivity index (χ1v) is 5.27. The molecule has 2 fully saturated rings. The van der Waals surface area contributed by atoms with E-state index in [0.29, 0.717) is 0 Å². The van der Waals surface area contributed by atoms with Gasteiger partial charge in [-0.1, -0.05) is 0 Å². The van der Waals surface area contributed by atoms with Gasteiger partial charge in [0.15, 0.2) is 0 Å². The number of nitrogens with one attached hydrogen (secondary N) is 1. The molecule has 5 heteroatoms. The zero-order valence-corrected chi connectivity index (χ0v) is 9.03. The summed E-state index contributed by atoms with van der Waals surface area (Å²) in [7, 11) is 1.53.